The number of carboxylic acids is 1. The third-order valence-electron chi connectivity index (χ3n) is 7.35. The molecule has 1 aliphatic carbocycles. The smallest absolute Gasteiger partial charge is 0.341 e. The van der Waals surface area contributed by atoms with Crippen LogP contribution in [0.3, 0.4) is 0 Å². The molecule has 4 rings (SSSR count). The van der Waals surface area contributed by atoms with Gasteiger partial charge in [-0.25, -0.2) is 9.18 Å². The minimum atomic E-state index is -1.29. The van der Waals surface area contributed by atoms with Gasteiger partial charge in [0.1, 0.15) is 11.4 Å². The number of benzene rings is 1. The average Bonchev–Trinajstić information content (AvgIpc) is 3.37. The van der Waals surface area contributed by atoms with E-state index in [4.69, 9.17) is 0 Å². The molecule has 162 valence electrons. The van der Waals surface area contributed by atoms with Crippen LogP contribution in [0.2, 0.25) is 0 Å². The van der Waals surface area contributed by atoms with Gasteiger partial charge >= 0.3 is 5.97 Å². The van der Waals surface area contributed by atoms with Gasteiger partial charge in [-0.05, 0) is 64.1 Å². The molecule has 7 heteroatoms. The van der Waals surface area contributed by atoms with Crippen LogP contribution in [0.5, 0.6) is 0 Å². The molecule has 0 radical (unpaired) electrons. The van der Waals surface area contributed by atoms with Gasteiger partial charge in [-0.15, -0.1) is 0 Å². The van der Waals surface area contributed by atoms with Crippen molar-refractivity contribution in [1.29, 1.82) is 0 Å². The second-order valence-corrected chi connectivity index (χ2v) is 8.91. The minimum absolute atomic E-state index is 0.0198. The highest BCUT2D eigenvalue weighted by Crippen LogP contribution is 2.47. The van der Waals surface area contributed by atoms with Crippen molar-refractivity contribution in [3.05, 3.63) is 39.4 Å². The van der Waals surface area contributed by atoms with E-state index < -0.39 is 17.2 Å². The molecule has 30 heavy (non-hydrogen) atoms. The summed E-state index contributed by atoms with van der Waals surface area (Å²) in [6.45, 7) is 7.39. The topological polar surface area (TPSA) is 74.6 Å². The molecule has 2 aromatic rings. The molecule has 1 unspecified atom stereocenters. The van der Waals surface area contributed by atoms with Gasteiger partial charge in [-0.1, -0.05) is 6.92 Å². The highest BCUT2D eigenvalue weighted by atomic mass is 19.1. The number of halogens is 1. The number of anilines is 1. The lowest BCUT2D eigenvalue weighted by atomic mass is 9.96. The predicted molar refractivity (Wildman–Crippen MR) is 116 cm³/mol. The average molecular weight is 416 g/mol. The molecule has 6 nitrogen and oxygen atoms in total. The summed E-state index contributed by atoms with van der Waals surface area (Å²) in [7, 11) is 2.00. The molecule has 1 aliphatic heterocycles. The van der Waals surface area contributed by atoms with Crippen LogP contribution in [-0.2, 0) is 0 Å². The summed E-state index contributed by atoms with van der Waals surface area (Å²) in [4.78, 5) is 26.5. The first kappa shape index (κ1) is 20.8. The Balaban J connectivity index is 1.88. The normalized spacial score (nSPS) is 21.2. The molecule has 2 fully saturated rings. The molecular formula is C23H30FN3O3. The lowest BCUT2D eigenvalue weighted by Crippen LogP contribution is -2.37. The number of aryl methyl sites for hydroxylation is 1. The number of nitrogens with zero attached hydrogens (tertiary/aromatic N) is 2. The summed E-state index contributed by atoms with van der Waals surface area (Å²) < 4.78 is 17.2. The third-order valence-corrected chi connectivity index (χ3v) is 7.35. The molecule has 2 aliphatic rings. The Kier molecular flexibility index (Phi) is 5.12. The van der Waals surface area contributed by atoms with E-state index in [0.717, 1.165) is 38.8 Å². The van der Waals surface area contributed by atoms with Gasteiger partial charge in [0.15, 0.2) is 0 Å². The first-order valence-corrected chi connectivity index (χ1v) is 10.8. The fourth-order valence-corrected chi connectivity index (χ4v) is 5.17. The molecule has 1 saturated heterocycles. The lowest BCUT2D eigenvalue weighted by Gasteiger charge is -2.27. The van der Waals surface area contributed by atoms with Crippen molar-refractivity contribution in [3.63, 3.8) is 0 Å². The standard InChI is InChI=1S/C23H30FN3O3/c1-5-13(2)27-12-17(22(29)30)21(28)16-10-18(24)20(14(3)19(16)27)26-9-6-15(11-26)23(25-4)7-8-23/h10,12-13,15,25H,5-9,11H2,1-4H3,(H,29,30)/t13-,15?/m0/s1. The first-order chi connectivity index (χ1) is 14.2. The molecule has 1 saturated carbocycles. The first-order valence-electron chi connectivity index (χ1n) is 10.8. The molecule has 0 amide bonds. The number of fused-ring (bicyclic) bond motifs is 1. The summed E-state index contributed by atoms with van der Waals surface area (Å²) in [5.41, 5.74) is 1.11. The number of nitrogens with one attached hydrogen (secondary N) is 1. The number of aromatic carboxylic acids is 1. The van der Waals surface area contributed by atoms with Gasteiger partial charge in [0.2, 0.25) is 5.43 Å². The molecule has 2 heterocycles. The van der Waals surface area contributed by atoms with Gasteiger partial charge in [-0.3, -0.25) is 4.79 Å². The number of hydrogen-bond donors (Lipinski definition) is 2. The molecule has 0 spiro atoms. The van der Waals surface area contributed by atoms with Crippen molar-refractivity contribution in [2.24, 2.45) is 5.92 Å². The van der Waals surface area contributed by atoms with Crippen LogP contribution in [0.25, 0.3) is 10.9 Å². The molecule has 2 N–H and O–H groups in total. The number of aromatic nitrogens is 1. The zero-order valence-electron chi connectivity index (χ0n) is 18.1. The largest absolute Gasteiger partial charge is 0.477 e. The monoisotopic (exact) mass is 415 g/mol. The Morgan fingerprint density at radius 1 is 1.43 bits per heavy atom. The van der Waals surface area contributed by atoms with Crippen LogP contribution in [0.4, 0.5) is 10.1 Å². The fraction of sp³-hybridized carbons (Fsp3) is 0.565. The Morgan fingerprint density at radius 3 is 2.70 bits per heavy atom. The van der Waals surface area contributed by atoms with Crippen LogP contribution in [0.15, 0.2) is 17.1 Å². The van der Waals surface area contributed by atoms with E-state index in [2.05, 4.69) is 10.2 Å². The predicted octanol–water partition coefficient (Wildman–Crippen LogP) is 3.70. The van der Waals surface area contributed by atoms with Gasteiger partial charge in [0, 0.05) is 36.3 Å². The summed E-state index contributed by atoms with van der Waals surface area (Å²) in [5.74, 6) is -1.27. The maximum Gasteiger partial charge on any atom is 0.341 e. The summed E-state index contributed by atoms with van der Waals surface area (Å²) in [6, 6.07) is 1.22. The van der Waals surface area contributed by atoms with Crippen molar-refractivity contribution < 1.29 is 14.3 Å². The number of carbonyl (C=O) groups is 1. The minimum Gasteiger partial charge on any atom is -0.477 e. The molecular weight excluding hydrogens is 385 g/mol. The van der Waals surface area contributed by atoms with Crippen molar-refractivity contribution in [1.82, 2.24) is 9.88 Å². The Labute approximate surface area is 175 Å². The van der Waals surface area contributed by atoms with E-state index >= 15 is 4.39 Å². The summed E-state index contributed by atoms with van der Waals surface area (Å²) in [6.07, 6.45) is 5.51. The van der Waals surface area contributed by atoms with Crippen LogP contribution >= 0.6 is 0 Å². The van der Waals surface area contributed by atoms with Crippen LogP contribution in [0.1, 0.15) is 61.5 Å². The van der Waals surface area contributed by atoms with Gasteiger partial charge < -0.3 is 19.9 Å². The van der Waals surface area contributed by atoms with E-state index in [1.165, 1.54) is 12.3 Å². The van der Waals surface area contributed by atoms with Crippen molar-refractivity contribution in [2.45, 2.75) is 58.0 Å². The summed E-state index contributed by atoms with van der Waals surface area (Å²) in [5, 5.41) is 13.1. The van der Waals surface area contributed by atoms with Gasteiger partial charge in [-0.2, -0.15) is 0 Å². The Bertz CT molecular complexity index is 1070. The number of rotatable bonds is 6. The zero-order valence-corrected chi connectivity index (χ0v) is 18.1. The fourth-order valence-electron chi connectivity index (χ4n) is 5.17. The van der Waals surface area contributed by atoms with E-state index in [-0.39, 0.29) is 22.5 Å². The summed E-state index contributed by atoms with van der Waals surface area (Å²) >= 11 is 0. The second kappa shape index (κ2) is 7.38. The molecule has 1 aromatic heterocycles. The highest BCUT2D eigenvalue weighted by molar-refractivity contribution is 5.95. The molecule has 1 aromatic carbocycles. The second-order valence-electron chi connectivity index (χ2n) is 8.91. The molecule has 2 atom stereocenters. The van der Waals surface area contributed by atoms with E-state index in [1.807, 2.05) is 32.4 Å². The van der Waals surface area contributed by atoms with E-state index in [9.17, 15) is 14.7 Å². The maximum absolute atomic E-state index is 15.3. The van der Waals surface area contributed by atoms with Crippen molar-refractivity contribution in [2.75, 3.05) is 25.0 Å². The SMILES string of the molecule is CC[C@H](C)n1cc(C(=O)O)c(=O)c2cc(F)c(N3CCC(C4(NC)CC4)C3)c(C)c21. The zero-order chi connectivity index (χ0) is 21.8. The molecule has 0 bridgehead atoms. The van der Waals surface area contributed by atoms with E-state index in [0.29, 0.717) is 22.7 Å². The van der Waals surface area contributed by atoms with Crippen LogP contribution in [-0.4, -0.2) is 41.3 Å². The quantitative estimate of drug-likeness (QED) is 0.753. The van der Waals surface area contributed by atoms with Crippen molar-refractivity contribution in [3.8, 4) is 0 Å². The van der Waals surface area contributed by atoms with Gasteiger partial charge in [0.25, 0.3) is 0 Å². The number of pyridine rings is 1. The third kappa shape index (κ3) is 3.11. The maximum atomic E-state index is 15.3. The van der Waals surface area contributed by atoms with Crippen molar-refractivity contribution >= 4 is 22.6 Å². The van der Waals surface area contributed by atoms with Crippen LogP contribution in [0, 0.1) is 18.7 Å². The Hall–Kier alpha value is -2.41. The highest BCUT2D eigenvalue weighted by Gasteiger charge is 2.50. The van der Waals surface area contributed by atoms with E-state index in [1.54, 1.807) is 0 Å². The van der Waals surface area contributed by atoms with Crippen LogP contribution < -0.4 is 15.6 Å². The Morgan fingerprint density at radius 2 is 2.13 bits per heavy atom. The number of carboxylic acid groups (broad SMARTS) is 1. The van der Waals surface area contributed by atoms with Gasteiger partial charge in [0.05, 0.1) is 11.2 Å². The number of hydrogen-bond acceptors (Lipinski definition) is 4. The lowest BCUT2D eigenvalue weighted by molar-refractivity contribution is 0.0694.